The first kappa shape index (κ1) is 29.3. The van der Waals surface area contributed by atoms with E-state index in [9.17, 15) is 10.1 Å². The third-order valence-corrected chi connectivity index (χ3v) is 6.89. The summed E-state index contributed by atoms with van der Waals surface area (Å²) in [5.41, 5.74) is 1.15. The Morgan fingerprint density at radius 1 is 0.907 bits per heavy atom. The van der Waals surface area contributed by atoms with E-state index in [1.54, 1.807) is 49.3 Å². The zero-order valence-corrected chi connectivity index (χ0v) is 23.8. The van der Waals surface area contributed by atoms with Crippen LogP contribution in [-0.4, -0.2) is 43.0 Å². The van der Waals surface area contributed by atoms with Crippen molar-refractivity contribution in [2.24, 2.45) is 0 Å². The van der Waals surface area contributed by atoms with Gasteiger partial charge in [0, 0.05) is 38.8 Å². The van der Waals surface area contributed by atoms with Gasteiger partial charge in [-0.3, -0.25) is 4.79 Å². The Kier molecular flexibility index (Phi) is 9.01. The molecule has 1 aromatic heterocycles. The van der Waals surface area contributed by atoms with Crippen molar-refractivity contribution in [1.82, 2.24) is 9.88 Å². The largest absolute Gasteiger partial charge is 0.485 e. The molecule has 0 N–H and O–H groups in total. The summed E-state index contributed by atoms with van der Waals surface area (Å²) in [7, 11) is 3.23. The smallest absolute Gasteiger partial charge is 0.261 e. The summed E-state index contributed by atoms with van der Waals surface area (Å²) in [5, 5.41) is 9.50. The van der Waals surface area contributed by atoms with E-state index in [4.69, 9.17) is 14.2 Å². The standard InChI is InChI=1S/C33H30F2N4O4/c1-38(2)33(40)24-12-9-13-25(19-24)42-31-28(34)30(39-16-7-4-8-17-39)29(35)32(37-31)43-27-18-23(20-36)14-15-26(27)41-21-22-10-5-3-6-11-22/h3,5-6,9-15,18-19H,4,7-8,16-17,21H2,1-2H3. The molecular formula is C33H30F2N4O4. The number of ether oxygens (including phenoxy) is 3. The van der Waals surface area contributed by atoms with Crippen LogP contribution in [0, 0.1) is 23.0 Å². The summed E-state index contributed by atoms with van der Waals surface area (Å²) in [5.74, 6) is -2.91. The molecule has 0 unspecified atom stereocenters. The molecule has 0 radical (unpaired) electrons. The second-order valence-corrected chi connectivity index (χ2v) is 10.2. The molecule has 1 aliphatic rings. The third kappa shape index (κ3) is 6.84. The van der Waals surface area contributed by atoms with Crippen LogP contribution in [0.15, 0.2) is 72.8 Å². The highest BCUT2D eigenvalue weighted by Gasteiger charge is 2.29. The molecule has 3 aromatic carbocycles. The number of anilines is 1. The second-order valence-electron chi connectivity index (χ2n) is 10.2. The van der Waals surface area contributed by atoms with Crippen molar-refractivity contribution in [3.8, 4) is 35.1 Å². The van der Waals surface area contributed by atoms with E-state index < -0.39 is 23.4 Å². The normalized spacial score (nSPS) is 12.8. The fraction of sp³-hybridized carbons (Fsp3) is 0.242. The van der Waals surface area contributed by atoms with Gasteiger partial charge < -0.3 is 24.0 Å². The van der Waals surface area contributed by atoms with E-state index in [-0.39, 0.29) is 41.0 Å². The Hall–Kier alpha value is -5.17. The predicted molar refractivity (Wildman–Crippen MR) is 157 cm³/mol. The Morgan fingerprint density at radius 3 is 2.33 bits per heavy atom. The van der Waals surface area contributed by atoms with Crippen LogP contribution in [0.25, 0.3) is 0 Å². The van der Waals surface area contributed by atoms with Gasteiger partial charge in [0.1, 0.15) is 18.0 Å². The fourth-order valence-electron chi connectivity index (χ4n) is 4.70. The molecule has 2 heterocycles. The van der Waals surface area contributed by atoms with Gasteiger partial charge in [-0.1, -0.05) is 36.4 Å². The molecule has 4 aromatic rings. The summed E-state index contributed by atoms with van der Waals surface area (Å²) in [6.45, 7) is 1.08. The minimum Gasteiger partial charge on any atom is -0.485 e. The third-order valence-electron chi connectivity index (χ3n) is 6.89. The number of nitrogens with zero attached hydrogens (tertiary/aromatic N) is 4. The van der Waals surface area contributed by atoms with Gasteiger partial charge in [-0.2, -0.15) is 19.0 Å². The first-order chi connectivity index (χ1) is 20.8. The molecule has 1 saturated heterocycles. The van der Waals surface area contributed by atoms with Crippen molar-refractivity contribution in [1.29, 1.82) is 5.26 Å². The SMILES string of the molecule is CN(C)C(=O)c1cccc(Oc2nc(Oc3cc(C#N)ccc3OCc3ccccc3)c(F)c(N3CCCCC3)c2F)c1. The molecule has 0 atom stereocenters. The molecule has 1 aliphatic heterocycles. The summed E-state index contributed by atoms with van der Waals surface area (Å²) in [6.07, 6.45) is 2.49. The minimum atomic E-state index is -1.00. The van der Waals surface area contributed by atoms with E-state index in [0.717, 1.165) is 24.8 Å². The van der Waals surface area contributed by atoms with Crippen molar-refractivity contribution in [3.05, 3.63) is 101 Å². The maximum atomic E-state index is 16.1. The van der Waals surface area contributed by atoms with Gasteiger partial charge in [0.25, 0.3) is 17.7 Å². The Bertz CT molecular complexity index is 1650. The zero-order valence-electron chi connectivity index (χ0n) is 23.8. The molecule has 0 saturated carbocycles. The number of halogens is 2. The first-order valence-electron chi connectivity index (χ1n) is 13.9. The van der Waals surface area contributed by atoms with E-state index in [1.165, 1.54) is 17.0 Å². The van der Waals surface area contributed by atoms with Gasteiger partial charge in [0.15, 0.2) is 11.5 Å². The van der Waals surface area contributed by atoms with Crippen molar-refractivity contribution in [3.63, 3.8) is 0 Å². The number of benzene rings is 3. The number of piperidine rings is 1. The predicted octanol–water partition coefficient (Wildman–Crippen LogP) is 7.09. The lowest BCUT2D eigenvalue weighted by molar-refractivity contribution is 0.0827. The number of carbonyl (C=O) groups excluding carboxylic acids is 1. The molecule has 10 heteroatoms. The van der Waals surface area contributed by atoms with Crippen molar-refractivity contribution in [2.75, 3.05) is 32.1 Å². The lowest BCUT2D eigenvalue weighted by Gasteiger charge is -2.30. The molecule has 1 fully saturated rings. The Balaban J connectivity index is 1.54. The van der Waals surface area contributed by atoms with Crippen LogP contribution in [-0.2, 0) is 6.61 Å². The lowest BCUT2D eigenvalue weighted by atomic mass is 10.1. The van der Waals surface area contributed by atoms with E-state index in [0.29, 0.717) is 18.7 Å². The Morgan fingerprint density at radius 2 is 1.63 bits per heavy atom. The fourth-order valence-corrected chi connectivity index (χ4v) is 4.70. The average molecular weight is 585 g/mol. The van der Waals surface area contributed by atoms with Gasteiger partial charge in [-0.05, 0) is 55.2 Å². The van der Waals surface area contributed by atoms with Gasteiger partial charge in [-0.25, -0.2) is 0 Å². The molecule has 5 rings (SSSR count). The molecular weight excluding hydrogens is 554 g/mol. The number of aromatic nitrogens is 1. The molecule has 220 valence electrons. The lowest BCUT2D eigenvalue weighted by Crippen LogP contribution is -2.31. The van der Waals surface area contributed by atoms with Crippen molar-refractivity contribution in [2.45, 2.75) is 25.9 Å². The first-order valence-corrected chi connectivity index (χ1v) is 13.9. The van der Waals surface area contributed by atoms with Crippen LogP contribution in [0.4, 0.5) is 14.5 Å². The van der Waals surface area contributed by atoms with E-state index in [2.05, 4.69) is 4.98 Å². The minimum absolute atomic E-state index is 0.0297. The molecule has 1 amide bonds. The van der Waals surface area contributed by atoms with Gasteiger partial charge in [-0.15, -0.1) is 0 Å². The number of hydrogen-bond acceptors (Lipinski definition) is 7. The van der Waals surface area contributed by atoms with Crippen LogP contribution in [0.5, 0.6) is 29.0 Å². The second kappa shape index (κ2) is 13.2. The number of rotatable bonds is 9. The van der Waals surface area contributed by atoms with Crippen LogP contribution in [0.3, 0.4) is 0 Å². The quantitative estimate of drug-likeness (QED) is 0.208. The molecule has 8 nitrogen and oxygen atoms in total. The summed E-state index contributed by atoms with van der Waals surface area (Å²) in [6, 6.07) is 22.2. The van der Waals surface area contributed by atoms with Crippen LogP contribution < -0.4 is 19.1 Å². The van der Waals surface area contributed by atoms with Gasteiger partial charge in [0.2, 0.25) is 11.6 Å². The summed E-state index contributed by atoms with van der Waals surface area (Å²) < 4.78 is 49.7. The molecule has 0 spiro atoms. The van der Waals surface area contributed by atoms with Crippen LogP contribution in [0.2, 0.25) is 0 Å². The molecule has 0 aliphatic carbocycles. The number of carbonyl (C=O) groups is 1. The van der Waals surface area contributed by atoms with Gasteiger partial charge in [0.05, 0.1) is 11.6 Å². The highest BCUT2D eigenvalue weighted by molar-refractivity contribution is 5.94. The number of nitriles is 1. The van der Waals surface area contributed by atoms with Crippen molar-refractivity contribution >= 4 is 11.6 Å². The van der Waals surface area contributed by atoms with E-state index in [1.807, 2.05) is 36.4 Å². The van der Waals surface area contributed by atoms with Crippen LogP contribution >= 0.6 is 0 Å². The Labute approximate surface area is 248 Å². The van der Waals surface area contributed by atoms with E-state index >= 15 is 8.78 Å². The maximum absolute atomic E-state index is 16.1. The zero-order chi connectivity index (χ0) is 30.3. The van der Waals surface area contributed by atoms with Crippen LogP contribution in [0.1, 0.15) is 40.7 Å². The molecule has 0 bridgehead atoms. The summed E-state index contributed by atoms with van der Waals surface area (Å²) >= 11 is 0. The van der Waals surface area contributed by atoms with Gasteiger partial charge >= 0.3 is 0 Å². The topological polar surface area (TPSA) is 87.9 Å². The highest BCUT2D eigenvalue weighted by atomic mass is 19.1. The summed E-state index contributed by atoms with van der Waals surface area (Å²) in [4.78, 5) is 19.6. The highest BCUT2D eigenvalue weighted by Crippen LogP contribution is 2.41. The monoisotopic (exact) mass is 584 g/mol. The number of amides is 1. The number of hydrogen-bond donors (Lipinski definition) is 0. The maximum Gasteiger partial charge on any atom is 0.261 e. The average Bonchev–Trinajstić information content (AvgIpc) is 3.03. The molecule has 43 heavy (non-hydrogen) atoms. The number of pyridine rings is 1. The van der Waals surface area contributed by atoms with Crippen molar-refractivity contribution < 1.29 is 27.8 Å².